The van der Waals surface area contributed by atoms with Crippen LogP contribution >= 0.6 is 0 Å². The molecule has 6 nitrogen and oxygen atoms in total. The number of hydrogen-bond acceptors (Lipinski definition) is 4. The SMILES string of the molecule is CCc1c(OC(=O)O)ncc2[nH]c3cccc(C(C)OC)c3c12. The standard InChI is InChI=1S/C17H18N2O4/c1-4-10-14-13(8-18-16(10)23-17(20)21)19-12-7-5-6-11(15(12)14)9(2)22-3/h5-9,19H,4H2,1-3H3,(H,20,21). The Morgan fingerprint density at radius 3 is 2.78 bits per heavy atom. The molecule has 2 aromatic heterocycles. The topological polar surface area (TPSA) is 84.4 Å². The summed E-state index contributed by atoms with van der Waals surface area (Å²) in [6.45, 7) is 3.93. The van der Waals surface area contributed by atoms with Gasteiger partial charge in [0, 0.05) is 29.0 Å². The van der Waals surface area contributed by atoms with E-state index in [-0.39, 0.29) is 12.0 Å². The predicted molar refractivity (Wildman–Crippen MR) is 87.1 cm³/mol. The van der Waals surface area contributed by atoms with Gasteiger partial charge < -0.3 is 19.6 Å². The Morgan fingerprint density at radius 1 is 1.35 bits per heavy atom. The number of H-pyrrole nitrogens is 1. The molecule has 6 heteroatoms. The average Bonchev–Trinajstić information content (AvgIpc) is 2.92. The molecule has 0 bridgehead atoms. The lowest BCUT2D eigenvalue weighted by atomic mass is 9.99. The summed E-state index contributed by atoms with van der Waals surface area (Å²) in [4.78, 5) is 18.4. The zero-order valence-corrected chi connectivity index (χ0v) is 13.2. The van der Waals surface area contributed by atoms with Crippen LogP contribution in [0.4, 0.5) is 4.79 Å². The van der Waals surface area contributed by atoms with Crippen LogP contribution in [0.5, 0.6) is 5.88 Å². The summed E-state index contributed by atoms with van der Waals surface area (Å²) in [7, 11) is 1.67. The number of carboxylic acid groups (broad SMARTS) is 1. The molecule has 0 radical (unpaired) electrons. The molecule has 0 aliphatic rings. The van der Waals surface area contributed by atoms with Crippen LogP contribution in [-0.4, -0.2) is 28.3 Å². The van der Waals surface area contributed by atoms with E-state index in [1.807, 2.05) is 32.0 Å². The highest BCUT2D eigenvalue weighted by atomic mass is 16.7. The van der Waals surface area contributed by atoms with E-state index in [1.165, 1.54) is 0 Å². The largest absolute Gasteiger partial charge is 0.512 e. The van der Waals surface area contributed by atoms with Crippen molar-refractivity contribution < 1.29 is 19.4 Å². The third-order valence-corrected chi connectivity index (χ3v) is 4.09. The van der Waals surface area contributed by atoms with E-state index < -0.39 is 6.16 Å². The molecule has 2 N–H and O–H groups in total. The van der Waals surface area contributed by atoms with E-state index in [0.29, 0.717) is 6.42 Å². The van der Waals surface area contributed by atoms with Gasteiger partial charge >= 0.3 is 6.16 Å². The number of pyridine rings is 1. The van der Waals surface area contributed by atoms with E-state index in [9.17, 15) is 4.79 Å². The maximum atomic E-state index is 10.9. The van der Waals surface area contributed by atoms with Gasteiger partial charge in [0.15, 0.2) is 0 Å². The van der Waals surface area contributed by atoms with Gasteiger partial charge in [-0.2, -0.15) is 0 Å². The van der Waals surface area contributed by atoms with Crippen molar-refractivity contribution in [3.63, 3.8) is 0 Å². The smallest absolute Gasteiger partial charge is 0.449 e. The van der Waals surface area contributed by atoms with E-state index in [0.717, 1.165) is 32.9 Å². The second kappa shape index (κ2) is 5.89. The van der Waals surface area contributed by atoms with Crippen LogP contribution < -0.4 is 4.74 Å². The first-order valence-corrected chi connectivity index (χ1v) is 7.42. The molecule has 0 fully saturated rings. The minimum atomic E-state index is -1.36. The molecule has 1 atom stereocenters. The molecule has 3 aromatic rings. The number of nitrogens with zero attached hydrogens (tertiary/aromatic N) is 1. The highest BCUT2D eigenvalue weighted by Gasteiger charge is 2.19. The summed E-state index contributed by atoms with van der Waals surface area (Å²) in [6.07, 6.45) is 0.764. The van der Waals surface area contributed by atoms with Crippen molar-refractivity contribution >= 4 is 28.0 Å². The van der Waals surface area contributed by atoms with Crippen molar-refractivity contribution in [1.29, 1.82) is 0 Å². The highest BCUT2D eigenvalue weighted by Crippen LogP contribution is 2.37. The van der Waals surface area contributed by atoms with Crippen LogP contribution in [0.1, 0.15) is 31.1 Å². The molecule has 1 aromatic carbocycles. The molecular formula is C17H18N2O4. The molecule has 0 aliphatic heterocycles. The monoisotopic (exact) mass is 314 g/mol. The first-order chi connectivity index (χ1) is 11.1. The van der Waals surface area contributed by atoms with Gasteiger partial charge in [-0.25, -0.2) is 9.78 Å². The normalized spacial score (nSPS) is 12.7. The number of ether oxygens (including phenoxy) is 2. The molecular weight excluding hydrogens is 296 g/mol. The number of methoxy groups -OCH3 is 1. The van der Waals surface area contributed by atoms with E-state index >= 15 is 0 Å². The van der Waals surface area contributed by atoms with Crippen molar-refractivity contribution in [3.05, 3.63) is 35.5 Å². The molecule has 0 saturated heterocycles. The zero-order chi connectivity index (χ0) is 16.6. The number of aromatic nitrogens is 2. The first-order valence-electron chi connectivity index (χ1n) is 7.42. The van der Waals surface area contributed by atoms with Crippen LogP contribution in [0.3, 0.4) is 0 Å². The second-order valence-electron chi connectivity index (χ2n) is 5.32. The third-order valence-electron chi connectivity index (χ3n) is 4.09. The molecule has 0 aliphatic carbocycles. The van der Waals surface area contributed by atoms with Crippen molar-refractivity contribution in [3.8, 4) is 5.88 Å². The summed E-state index contributed by atoms with van der Waals surface area (Å²) in [6, 6.07) is 5.97. The van der Waals surface area contributed by atoms with Crippen LogP contribution in [0.2, 0.25) is 0 Å². The fraction of sp³-hybridized carbons (Fsp3) is 0.294. The Bertz CT molecular complexity index is 885. The van der Waals surface area contributed by atoms with Crippen molar-refractivity contribution in [1.82, 2.24) is 9.97 Å². The minimum absolute atomic E-state index is 0.0839. The summed E-state index contributed by atoms with van der Waals surface area (Å²) in [5, 5.41) is 10.9. The number of rotatable bonds is 4. The zero-order valence-electron chi connectivity index (χ0n) is 13.2. The summed E-state index contributed by atoms with van der Waals surface area (Å²) in [5.41, 5.74) is 3.63. The van der Waals surface area contributed by atoms with Gasteiger partial charge in [-0.3, -0.25) is 0 Å². The maximum Gasteiger partial charge on any atom is 0.512 e. The predicted octanol–water partition coefficient (Wildman–Crippen LogP) is 4.04. The Hall–Kier alpha value is -2.60. The maximum absolute atomic E-state index is 10.9. The van der Waals surface area contributed by atoms with Gasteiger partial charge in [0.05, 0.1) is 17.8 Å². The molecule has 2 heterocycles. The van der Waals surface area contributed by atoms with Gasteiger partial charge in [0.25, 0.3) is 0 Å². The van der Waals surface area contributed by atoms with Gasteiger partial charge in [-0.1, -0.05) is 19.1 Å². The lowest BCUT2D eigenvalue weighted by Gasteiger charge is -2.13. The first kappa shape index (κ1) is 15.3. The van der Waals surface area contributed by atoms with Crippen molar-refractivity contribution in [2.24, 2.45) is 0 Å². The van der Waals surface area contributed by atoms with Crippen molar-refractivity contribution in [2.45, 2.75) is 26.4 Å². The van der Waals surface area contributed by atoms with Crippen LogP contribution in [0.15, 0.2) is 24.4 Å². The van der Waals surface area contributed by atoms with Gasteiger partial charge in [0.2, 0.25) is 5.88 Å². The fourth-order valence-electron chi connectivity index (χ4n) is 2.98. The van der Waals surface area contributed by atoms with Crippen LogP contribution in [0, 0.1) is 0 Å². The molecule has 120 valence electrons. The highest BCUT2D eigenvalue weighted by molar-refractivity contribution is 6.11. The number of benzene rings is 1. The van der Waals surface area contributed by atoms with E-state index in [1.54, 1.807) is 13.3 Å². The second-order valence-corrected chi connectivity index (χ2v) is 5.32. The van der Waals surface area contributed by atoms with Crippen LogP contribution in [-0.2, 0) is 11.2 Å². The Balaban J connectivity index is 2.40. The summed E-state index contributed by atoms with van der Waals surface area (Å²) >= 11 is 0. The number of carbonyl (C=O) groups is 1. The molecule has 1 unspecified atom stereocenters. The van der Waals surface area contributed by atoms with Gasteiger partial charge in [0.1, 0.15) is 0 Å². The molecule has 23 heavy (non-hydrogen) atoms. The van der Waals surface area contributed by atoms with Gasteiger partial charge in [-0.05, 0) is 25.0 Å². The number of aryl methyl sites for hydroxylation is 1. The van der Waals surface area contributed by atoms with Crippen LogP contribution in [0.25, 0.3) is 21.8 Å². The summed E-state index contributed by atoms with van der Waals surface area (Å²) < 4.78 is 10.3. The third kappa shape index (κ3) is 2.51. The molecule has 0 spiro atoms. The number of nitrogens with one attached hydrogen (secondary N) is 1. The molecule has 3 rings (SSSR count). The average molecular weight is 314 g/mol. The molecule has 0 amide bonds. The quantitative estimate of drug-likeness (QED) is 0.710. The Morgan fingerprint density at radius 2 is 2.13 bits per heavy atom. The lowest BCUT2D eigenvalue weighted by Crippen LogP contribution is -2.07. The minimum Gasteiger partial charge on any atom is -0.449 e. The summed E-state index contributed by atoms with van der Waals surface area (Å²) in [5.74, 6) is 0.133. The Kier molecular flexibility index (Phi) is 3.92. The lowest BCUT2D eigenvalue weighted by molar-refractivity contribution is 0.121. The molecule has 0 saturated carbocycles. The van der Waals surface area contributed by atoms with Crippen molar-refractivity contribution in [2.75, 3.05) is 7.11 Å². The number of aromatic amines is 1. The van der Waals surface area contributed by atoms with E-state index in [2.05, 4.69) is 9.97 Å². The fourth-order valence-corrected chi connectivity index (χ4v) is 2.98. The number of hydrogen-bond donors (Lipinski definition) is 2. The van der Waals surface area contributed by atoms with Gasteiger partial charge in [-0.15, -0.1) is 0 Å². The van der Waals surface area contributed by atoms with E-state index in [4.69, 9.17) is 14.6 Å². The Labute approximate surface area is 133 Å². The number of fused-ring (bicyclic) bond motifs is 3.